The van der Waals surface area contributed by atoms with Gasteiger partial charge in [-0.2, -0.15) is 0 Å². The quantitative estimate of drug-likeness (QED) is 0.483. The number of para-hydroxylation sites is 1. The molecule has 0 saturated carbocycles. The molecule has 31 heavy (non-hydrogen) atoms. The molecule has 0 amide bonds. The lowest BCUT2D eigenvalue weighted by atomic mass is 9.92. The Kier molecular flexibility index (Phi) is 5.69. The number of aromatic nitrogens is 2. The first-order chi connectivity index (χ1) is 14.8. The molecule has 1 unspecified atom stereocenters. The predicted molar refractivity (Wildman–Crippen MR) is 125 cm³/mol. The fraction of sp³-hybridized carbons (Fsp3) is 0.240. The summed E-state index contributed by atoms with van der Waals surface area (Å²) in [5, 5.41) is 1.11. The minimum absolute atomic E-state index is 0.166. The van der Waals surface area contributed by atoms with E-state index in [4.69, 9.17) is 0 Å². The molecular formula is C25H27N3O2S. The lowest BCUT2D eigenvalue weighted by Crippen LogP contribution is -2.30. The van der Waals surface area contributed by atoms with Crippen LogP contribution in [0.5, 0.6) is 0 Å². The topological polar surface area (TPSA) is 64.0 Å². The molecule has 0 fully saturated rings. The number of pyridine rings is 1. The fourth-order valence-corrected chi connectivity index (χ4v) is 5.99. The van der Waals surface area contributed by atoms with Gasteiger partial charge in [-0.15, -0.1) is 0 Å². The maximum atomic E-state index is 13.3. The molecule has 2 heterocycles. The van der Waals surface area contributed by atoms with Crippen LogP contribution in [0.1, 0.15) is 33.7 Å². The van der Waals surface area contributed by atoms with Crippen LogP contribution in [0.25, 0.3) is 10.9 Å². The third kappa shape index (κ3) is 4.13. The van der Waals surface area contributed by atoms with Gasteiger partial charge in [0.15, 0.2) is 0 Å². The van der Waals surface area contributed by atoms with Crippen molar-refractivity contribution in [2.75, 3.05) is 6.54 Å². The molecule has 0 saturated heterocycles. The Bertz CT molecular complexity index is 1320. The van der Waals surface area contributed by atoms with E-state index in [1.165, 1.54) is 0 Å². The maximum Gasteiger partial charge on any atom is 0.241 e. The van der Waals surface area contributed by atoms with Crippen LogP contribution < -0.4 is 4.72 Å². The highest BCUT2D eigenvalue weighted by atomic mass is 32.2. The normalized spacial score (nSPS) is 12.9. The van der Waals surface area contributed by atoms with Crippen molar-refractivity contribution >= 4 is 20.9 Å². The molecule has 0 bridgehead atoms. The number of rotatable bonds is 6. The zero-order chi connectivity index (χ0) is 22.2. The minimum atomic E-state index is -3.67. The Morgan fingerprint density at radius 1 is 1.03 bits per heavy atom. The van der Waals surface area contributed by atoms with E-state index in [9.17, 15) is 8.42 Å². The van der Waals surface area contributed by atoms with E-state index in [0.29, 0.717) is 4.90 Å². The number of nitrogens with one attached hydrogen (secondary N) is 1. The van der Waals surface area contributed by atoms with Gasteiger partial charge in [-0.05, 0) is 55.2 Å². The molecule has 0 aliphatic heterocycles. The number of nitrogens with zero attached hydrogens (tertiary/aromatic N) is 2. The van der Waals surface area contributed by atoms with E-state index in [2.05, 4.69) is 32.6 Å². The average Bonchev–Trinajstić information content (AvgIpc) is 3.05. The Morgan fingerprint density at radius 3 is 2.42 bits per heavy atom. The second kappa shape index (κ2) is 8.29. The smallest absolute Gasteiger partial charge is 0.241 e. The summed E-state index contributed by atoms with van der Waals surface area (Å²) in [7, 11) is -1.66. The lowest BCUT2D eigenvalue weighted by Gasteiger charge is -2.19. The summed E-state index contributed by atoms with van der Waals surface area (Å²) in [6.07, 6.45) is 5.62. The van der Waals surface area contributed by atoms with Crippen molar-refractivity contribution in [3.63, 3.8) is 0 Å². The Balaban J connectivity index is 1.75. The van der Waals surface area contributed by atoms with Crippen molar-refractivity contribution in [3.05, 3.63) is 94.9 Å². The first-order valence-corrected chi connectivity index (χ1v) is 11.8. The molecule has 2 aromatic heterocycles. The third-order valence-electron chi connectivity index (χ3n) is 5.74. The van der Waals surface area contributed by atoms with Gasteiger partial charge in [0.2, 0.25) is 10.0 Å². The lowest BCUT2D eigenvalue weighted by molar-refractivity contribution is 0.576. The molecule has 0 aliphatic carbocycles. The summed E-state index contributed by atoms with van der Waals surface area (Å²) in [6, 6.07) is 15.9. The number of hydrogen-bond acceptors (Lipinski definition) is 3. The molecule has 0 radical (unpaired) electrons. The predicted octanol–water partition coefficient (Wildman–Crippen LogP) is 4.61. The molecule has 1 atom stereocenters. The van der Waals surface area contributed by atoms with Crippen LogP contribution >= 0.6 is 0 Å². The van der Waals surface area contributed by atoms with Gasteiger partial charge < -0.3 is 4.57 Å². The summed E-state index contributed by atoms with van der Waals surface area (Å²) in [6.45, 7) is 5.91. The highest BCUT2D eigenvalue weighted by molar-refractivity contribution is 7.89. The second-order valence-electron chi connectivity index (χ2n) is 8.13. The first-order valence-electron chi connectivity index (χ1n) is 10.3. The van der Waals surface area contributed by atoms with Crippen LogP contribution in [0.4, 0.5) is 0 Å². The van der Waals surface area contributed by atoms with E-state index >= 15 is 0 Å². The number of hydrogen-bond donors (Lipinski definition) is 1. The van der Waals surface area contributed by atoms with Crippen molar-refractivity contribution in [1.29, 1.82) is 0 Å². The van der Waals surface area contributed by atoms with E-state index in [0.717, 1.165) is 38.7 Å². The highest BCUT2D eigenvalue weighted by Crippen LogP contribution is 2.32. The van der Waals surface area contributed by atoms with Gasteiger partial charge in [-0.3, -0.25) is 4.98 Å². The standard InChI is InChI=1S/C25H27N3O2S/c1-17-12-18(2)25(19(3)13-17)31(29,30)27-15-22(20-8-7-11-26-14-20)23-16-28(4)24-10-6-5-9-21(23)24/h5-14,16,22,27H,15H2,1-4H3. The summed E-state index contributed by atoms with van der Waals surface area (Å²) in [4.78, 5) is 4.64. The van der Waals surface area contributed by atoms with Gasteiger partial charge in [0.25, 0.3) is 0 Å². The largest absolute Gasteiger partial charge is 0.350 e. The van der Waals surface area contributed by atoms with E-state index in [1.54, 1.807) is 6.20 Å². The van der Waals surface area contributed by atoms with Crippen molar-refractivity contribution in [2.24, 2.45) is 7.05 Å². The van der Waals surface area contributed by atoms with Crippen molar-refractivity contribution in [1.82, 2.24) is 14.3 Å². The van der Waals surface area contributed by atoms with E-state index in [1.807, 2.05) is 70.4 Å². The van der Waals surface area contributed by atoms with Gasteiger partial charge >= 0.3 is 0 Å². The molecule has 0 spiro atoms. The van der Waals surface area contributed by atoms with Gasteiger partial charge in [0.05, 0.1) is 4.90 Å². The zero-order valence-corrected chi connectivity index (χ0v) is 19.1. The van der Waals surface area contributed by atoms with Crippen molar-refractivity contribution in [3.8, 4) is 0 Å². The highest BCUT2D eigenvalue weighted by Gasteiger charge is 2.25. The summed E-state index contributed by atoms with van der Waals surface area (Å²) < 4.78 is 31.5. The van der Waals surface area contributed by atoms with Crippen LogP contribution in [0.2, 0.25) is 0 Å². The molecule has 4 rings (SSSR count). The number of sulfonamides is 1. The Hall–Kier alpha value is -2.96. The van der Waals surface area contributed by atoms with Gasteiger partial charge in [-0.1, -0.05) is 42.0 Å². The summed E-state index contributed by atoms with van der Waals surface area (Å²) >= 11 is 0. The average molecular weight is 434 g/mol. The maximum absolute atomic E-state index is 13.3. The van der Waals surface area contributed by atoms with Gasteiger partial charge in [0.1, 0.15) is 0 Å². The molecule has 160 valence electrons. The molecule has 0 aliphatic rings. The first kappa shape index (κ1) is 21.3. The van der Waals surface area contributed by atoms with Crippen molar-refractivity contribution < 1.29 is 8.42 Å². The summed E-state index contributed by atoms with van der Waals surface area (Å²) in [5.74, 6) is -0.166. The number of benzene rings is 2. The molecule has 2 aromatic carbocycles. The molecular weight excluding hydrogens is 406 g/mol. The number of aryl methyl sites for hydroxylation is 4. The van der Waals surface area contributed by atoms with Crippen LogP contribution in [0.15, 0.2) is 72.0 Å². The molecule has 1 N–H and O–H groups in total. The van der Waals surface area contributed by atoms with E-state index < -0.39 is 10.0 Å². The SMILES string of the molecule is Cc1cc(C)c(S(=O)(=O)NCC(c2cccnc2)c2cn(C)c3ccccc23)c(C)c1. The zero-order valence-electron chi connectivity index (χ0n) is 18.3. The van der Waals surface area contributed by atoms with Crippen LogP contribution in [-0.2, 0) is 17.1 Å². The van der Waals surface area contributed by atoms with Crippen LogP contribution in [-0.4, -0.2) is 24.5 Å². The van der Waals surface area contributed by atoms with Gasteiger partial charge in [-0.25, -0.2) is 13.1 Å². The molecule has 4 aromatic rings. The van der Waals surface area contributed by atoms with E-state index in [-0.39, 0.29) is 12.5 Å². The third-order valence-corrected chi connectivity index (χ3v) is 7.47. The molecule has 5 nitrogen and oxygen atoms in total. The molecule has 6 heteroatoms. The monoisotopic (exact) mass is 433 g/mol. The second-order valence-corrected chi connectivity index (χ2v) is 9.83. The fourth-order valence-electron chi connectivity index (χ4n) is 4.50. The van der Waals surface area contributed by atoms with Crippen LogP contribution in [0, 0.1) is 20.8 Å². The number of fused-ring (bicyclic) bond motifs is 1. The van der Waals surface area contributed by atoms with Crippen molar-refractivity contribution in [2.45, 2.75) is 31.6 Å². The summed E-state index contributed by atoms with van der Waals surface area (Å²) in [5.41, 5.74) is 5.73. The van der Waals surface area contributed by atoms with Gasteiger partial charge in [0, 0.05) is 49.0 Å². The Morgan fingerprint density at radius 2 is 1.74 bits per heavy atom. The van der Waals surface area contributed by atoms with Crippen LogP contribution in [0.3, 0.4) is 0 Å². The Labute approximate surface area is 183 Å². The minimum Gasteiger partial charge on any atom is -0.350 e.